The highest BCUT2D eigenvalue weighted by molar-refractivity contribution is 7.05. The van der Waals surface area contributed by atoms with Crippen molar-refractivity contribution in [3.05, 3.63) is 46.4 Å². The van der Waals surface area contributed by atoms with E-state index in [0.29, 0.717) is 0 Å². The maximum absolute atomic E-state index is 6.40. The quantitative estimate of drug-likeness (QED) is 0.273. The van der Waals surface area contributed by atoms with Gasteiger partial charge in [-0.25, -0.2) is 0 Å². The van der Waals surface area contributed by atoms with Gasteiger partial charge in [0.15, 0.2) is 0 Å². The molecule has 3 heteroatoms. The van der Waals surface area contributed by atoms with Crippen LogP contribution in [-0.4, -0.2) is 8.07 Å². The highest BCUT2D eigenvalue weighted by Crippen LogP contribution is 2.37. The lowest BCUT2D eigenvalue weighted by molar-refractivity contribution is 0.684. The van der Waals surface area contributed by atoms with E-state index in [9.17, 15) is 0 Å². The van der Waals surface area contributed by atoms with E-state index >= 15 is 0 Å². The van der Waals surface area contributed by atoms with E-state index in [0.717, 1.165) is 10.0 Å². The SMILES string of the molecule is CCCCCC[Si]1(CCCCCC)c2ccc(Cl)cc2-c2cc(Cl)ccc21. The van der Waals surface area contributed by atoms with Gasteiger partial charge in [0.05, 0.1) is 0 Å². The summed E-state index contributed by atoms with van der Waals surface area (Å²) in [6.45, 7) is 4.59. The van der Waals surface area contributed by atoms with Gasteiger partial charge in [-0.2, -0.15) is 0 Å². The molecule has 0 nitrogen and oxygen atoms in total. The van der Waals surface area contributed by atoms with Gasteiger partial charge < -0.3 is 0 Å². The van der Waals surface area contributed by atoms with Crippen LogP contribution >= 0.6 is 23.2 Å². The molecule has 3 rings (SSSR count). The predicted octanol–water partition coefficient (Wildman–Crippen LogP) is 7.70. The van der Waals surface area contributed by atoms with Gasteiger partial charge >= 0.3 is 0 Å². The Morgan fingerprint density at radius 1 is 0.630 bits per heavy atom. The van der Waals surface area contributed by atoms with Gasteiger partial charge in [0.2, 0.25) is 0 Å². The molecular formula is C24H32Cl2Si. The smallest absolute Gasteiger partial charge is 0.0843 e. The fourth-order valence-electron chi connectivity index (χ4n) is 4.83. The number of unbranched alkanes of at least 4 members (excludes halogenated alkanes) is 6. The van der Waals surface area contributed by atoms with Gasteiger partial charge in [-0.1, -0.05) is 101 Å². The van der Waals surface area contributed by atoms with Crippen molar-refractivity contribution in [1.82, 2.24) is 0 Å². The summed E-state index contributed by atoms with van der Waals surface area (Å²) in [5, 5.41) is 4.89. The van der Waals surface area contributed by atoms with Crippen molar-refractivity contribution < 1.29 is 0 Å². The van der Waals surface area contributed by atoms with E-state index < -0.39 is 8.07 Å². The summed E-state index contributed by atoms with van der Waals surface area (Å²) in [6.07, 6.45) is 10.7. The molecule has 0 amide bonds. The lowest BCUT2D eigenvalue weighted by atomic mass is 10.1. The highest BCUT2D eigenvalue weighted by atomic mass is 35.5. The average molecular weight is 420 g/mol. The summed E-state index contributed by atoms with van der Waals surface area (Å²) in [5.74, 6) is 0. The second-order valence-corrected chi connectivity index (χ2v) is 13.2. The van der Waals surface area contributed by atoms with Crippen LogP contribution in [0, 0.1) is 0 Å². The summed E-state index contributed by atoms with van der Waals surface area (Å²) in [6, 6.07) is 16.0. The number of hydrogen-bond donors (Lipinski definition) is 0. The first-order chi connectivity index (χ1) is 13.1. The summed E-state index contributed by atoms with van der Waals surface area (Å²) in [7, 11) is -1.74. The molecule has 1 aliphatic rings. The standard InChI is InChI=1S/C24H32Cl2Si/c1-3-5-7-9-15-27(16-10-8-6-4-2)23-13-11-19(25)17-21(23)22-18-20(26)12-14-24(22)27/h11-14,17-18H,3-10,15-16H2,1-2H3. The average Bonchev–Trinajstić information content (AvgIpc) is 2.92. The molecule has 146 valence electrons. The van der Waals surface area contributed by atoms with Gasteiger partial charge in [0.1, 0.15) is 8.07 Å². The minimum atomic E-state index is -1.74. The first-order valence-electron chi connectivity index (χ1n) is 10.7. The molecular weight excluding hydrogens is 387 g/mol. The third-order valence-electron chi connectivity index (χ3n) is 6.20. The fraction of sp³-hybridized carbons (Fsp3) is 0.500. The lowest BCUT2D eigenvalue weighted by Gasteiger charge is -2.30. The molecule has 1 heterocycles. The number of benzene rings is 2. The van der Waals surface area contributed by atoms with Gasteiger partial charge in [0, 0.05) is 10.0 Å². The zero-order chi connectivity index (χ0) is 19.3. The molecule has 0 bridgehead atoms. The van der Waals surface area contributed by atoms with Crippen molar-refractivity contribution in [2.24, 2.45) is 0 Å². The van der Waals surface area contributed by atoms with Crippen LogP contribution in [0.2, 0.25) is 22.1 Å². The molecule has 1 aliphatic heterocycles. The molecule has 0 radical (unpaired) electrons. The summed E-state index contributed by atoms with van der Waals surface area (Å²) in [5.41, 5.74) is 2.72. The zero-order valence-electron chi connectivity index (χ0n) is 16.8. The Hall–Kier alpha value is -0.763. The summed E-state index contributed by atoms with van der Waals surface area (Å²) < 4.78 is 0. The van der Waals surface area contributed by atoms with E-state index in [4.69, 9.17) is 23.2 Å². The zero-order valence-corrected chi connectivity index (χ0v) is 19.3. The molecule has 27 heavy (non-hydrogen) atoms. The van der Waals surface area contributed by atoms with Crippen molar-refractivity contribution in [1.29, 1.82) is 0 Å². The highest BCUT2D eigenvalue weighted by Gasteiger charge is 2.44. The molecule has 0 N–H and O–H groups in total. The predicted molar refractivity (Wildman–Crippen MR) is 125 cm³/mol. The maximum atomic E-state index is 6.40. The summed E-state index contributed by atoms with van der Waals surface area (Å²) >= 11 is 12.8. The molecule has 0 aliphatic carbocycles. The number of hydrogen-bond acceptors (Lipinski definition) is 0. The third kappa shape index (κ3) is 4.47. The maximum Gasteiger partial charge on any atom is 0.119 e. The van der Waals surface area contributed by atoms with E-state index in [1.165, 1.54) is 74.6 Å². The normalized spacial score (nSPS) is 14.2. The van der Waals surface area contributed by atoms with Crippen LogP contribution in [0.4, 0.5) is 0 Å². The van der Waals surface area contributed by atoms with Crippen molar-refractivity contribution in [2.45, 2.75) is 77.3 Å². The summed E-state index contributed by atoms with van der Waals surface area (Å²) in [4.78, 5) is 0. The van der Waals surface area contributed by atoms with Crippen molar-refractivity contribution in [3.63, 3.8) is 0 Å². The van der Waals surface area contributed by atoms with Crippen LogP contribution in [0.25, 0.3) is 11.1 Å². The van der Waals surface area contributed by atoms with E-state index in [-0.39, 0.29) is 0 Å². The van der Waals surface area contributed by atoms with Gasteiger partial charge in [-0.05, 0) is 57.9 Å². The van der Waals surface area contributed by atoms with Crippen LogP contribution in [0.3, 0.4) is 0 Å². The molecule has 0 saturated carbocycles. The molecule has 2 aromatic carbocycles. The Kier molecular flexibility index (Phi) is 7.47. The second-order valence-electron chi connectivity index (χ2n) is 8.08. The Morgan fingerprint density at radius 3 is 1.48 bits per heavy atom. The van der Waals surface area contributed by atoms with Gasteiger partial charge in [-0.15, -0.1) is 0 Å². The van der Waals surface area contributed by atoms with Crippen LogP contribution in [0.5, 0.6) is 0 Å². The molecule has 2 aromatic rings. The lowest BCUT2D eigenvalue weighted by Crippen LogP contribution is -2.55. The monoisotopic (exact) mass is 418 g/mol. The van der Waals surface area contributed by atoms with Crippen LogP contribution in [0.1, 0.15) is 65.2 Å². The number of halogens is 2. The molecule has 0 fully saturated rings. The number of rotatable bonds is 10. The molecule has 0 spiro atoms. The van der Waals surface area contributed by atoms with Crippen LogP contribution in [-0.2, 0) is 0 Å². The number of fused-ring (bicyclic) bond motifs is 3. The van der Waals surface area contributed by atoms with E-state index in [1.807, 2.05) is 0 Å². The topological polar surface area (TPSA) is 0 Å². The van der Waals surface area contributed by atoms with Crippen molar-refractivity contribution in [2.75, 3.05) is 0 Å². The Morgan fingerprint density at radius 2 is 1.07 bits per heavy atom. The molecule has 0 aromatic heterocycles. The molecule has 0 unspecified atom stereocenters. The minimum Gasteiger partial charge on any atom is -0.0843 e. The molecule has 0 atom stereocenters. The van der Waals surface area contributed by atoms with Crippen LogP contribution in [0.15, 0.2) is 36.4 Å². The van der Waals surface area contributed by atoms with Crippen molar-refractivity contribution >= 4 is 41.6 Å². The van der Waals surface area contributed by atoms with Crippen molar-refractivity contribution in [3.8, 4) is 11.1 Å². The Bertz CT molecular complexity index is 703. The van der Waals surface area contributed by atoms with E-state index in [1.54, 1.807) is 10.4 Å². The fourth-order valence-corrected chi connectivity index (χ4v) is 10.7. The second kappa shape index (κ2) is 9.63. The Balaban J connectivity index is 2.02. The first kappa shape index (κ1) is 21.0. The van der Waals surface area contributed by atoms with Gasteiger partial charge in [0.25, 0.3) is 0 Å². The Labute approximate surface area is 176 Å². The van der Waals surface area contributed by atoms with Gasteiger partial charge in [-0.3, -0.25) is 0 Å². The van der Waals surface area contributed by atoms with Crippen LogP contribution < -0.4 is 10.4 Å². The molecule has 0 saturated heterocycles. The minimum absolute atomic E-state index is 0.835. The third-order valence-corrected chi connectivity index (χ3v) is 12.0. The largest absolute Gasteiger partial charge is 0.119 e. The first-order valence-corrected chi connectivity index (χ1v) is 13.9. The van der Waals surface area contributed by atoms with E-state index in [2.05, 4.69) is 50.2 Å².